The molecule has 0 fully saturated rings. The Morgan fingerprint density at radius 2 is 2.00 bits per heavy atom. The predicted octanol–water partition coefficient (Wildman–Crippen LogP) is 5.78. The SMILES string of the molecule is ClCc1nc2cc(I)ccc2n1-c1cc(Cl)ccc1Br. The summed E-state index contributed by atoms with van der Waals surface area (Å²) < 4.78 is 4.13. The van der Waals surface area contributed by atoms with E-state index >= 15 is 0 Å². The molecule has 102 valence electrons. The summed E-state index contributed by atoms with van der Waals surface area (Å²) in [5, 5.41) is 0.677. The smallest absolute Gasteiger partial charge is 0.129 e. The van der Waals surface area contributed by atoms with Gasteiger partial charge in [-0.15, -0.1) is 11.6 Å². The van der Waals surface area contributed by atoms with Crippen molar-refractivity contribution in [2.24, 2.45) is 0 Å². The molecule has 1 aromatic heterocycles. The lowest BCUT2D eigenvalue weighted by molar-refractivity contribution is 0.977. The van der Waals surface area contributed by atoms with Crippen LogP contribution in [0, 0.1) is 3.57 Å². The van der Waals surface area contributed by atoms with E-state index in [1.54, 1.807) is 0 Å². The van der Waals surface area contributed by atoms with Crippen molar-refractivity contribution in [3.63, 3.8) is 0 Å². The maximum absolute atomic E-state index is 6.12. The molecule has 0 aliphatic carbocycles. The van der Waals surface area contributed by atoms with E-state index in [1.165, 1.54) is 0 Å². The number of nitrogens with zero attached hydrogens (tertiary/aromatic N) is 2. The van der Waals surface area contributed by atoms with E-state index in [-0.39, 0.29) is 0 Å². The van der Waals surface area contributed by atoms with Gasteiger partial charge in [0.2, 0.25) is 0 Å². The van der Waals surface area contributed by atoms with Crippen LogP contribution in [-0.4, -0.2) is 9.55 Å². The molecule has 6 heteroatoms. The van der Waals surface area contributed by atoms with Crippen molar-refractivity contribution in [2.45, 2.75) is 5.88 Å². The summed E-state index contributed by atoms with van der Waals surface area (Å²) in [6.45, 7) is 0. The Kier molecular flexibility index (Phi) is 4.26. The number of benzene rings is 2. The second-order valence-electron chi connectivity index (χ2n) is 4.23. The van der Waals surface area contributed by atoms with Crippen molar-refractivity contribution in [1.29, 1.82) is 0 Å². The average Bonchev–Trinajstić information content (AvgIpc) is 2.78. The van der Waals surface area contributed by atoms with Crippen molar-refractivity contribution in [1.82, 2.24) is 9.55 Å². The number of rotatable bonds is 2. The van der Waals surface area contributed by atoms with Crippen LogP contribution < -0.4 is 0 Å². The van der Waals surface area contributed by atoms with Gasteiger partial charge < -0.3 is 0 Å². The third-order valence-corrected chi connectivity index (χ3v) is 4.77. The van der Waals surface area contributed by atoms with Gasteiger partial charge in [-0.2, -0.15) is 0 Å². The molecule has 3 rings (SSSR count). The van der Waals surface area contributed by atoms with Gasteiger partial charge in [0.05, 0.1) is 22.6 Å². The minimum absolute atomic E-state index is 0.338. The molecule has 0 N–H and O–H groups in total. The van der Waals surface area contributed by atoms with E-state index in [2.05, 4.69) is 49.6 Å². The van der Waals surface area contributed by atoms with Gasteiger partial charge in [0.15, 0.2) is 0 Å². The van der Waals surface area contributed by atoms with E-state index in [9.17, 15) is 0 Å². The van der Waals surface area contributed by atoms with Crippen LogP contribution in [0.4, 0.5) is 0 Å². The standard InChI is InChI=1S/C14H8BrCl2IN2/c15-10-3-1-8(17)5-13(10)20-12-4-2-9(18)6-11(12)19-14(20)7-16/h1-6H,7H2. The fraction of sp³-hybridized carbons (Fsp3) is 0.0714. The van der Waals surface area contributed by atoms with Gasteiger partial charge in [0, 0.05) is 13.1 Å². The lowest BCUT2D eigenvalue weighted by atomic mass is 10.3. The molecule has 0 saturated heterocycles. The van der Waals surface area contributed by atoms with Crippen molar-refractivity contribution < 1.29 is 0 Å². The number of alkyl halides is 1. The van der Waals surface area contributed by atoms with Crippen LogP contribution in [0.1, 0.15) is 5.82 Å². The Labute approximate surface area is 148 Å². The van der Waals surface area contributed by atoms with E-state index in [0.29, 0.717) is 10.9 Å². The molecule has 0 unspecified atom stereocenters. The maximum atomic E-state index is 6.12. The van der Waals surface area contributed by atoms with Crippen LogP contribution in [0.15, 0.2) is 40.9 Å². The fourth-order valence-electron chi connectivity index (χ4n) is 2.12. The highest BCUT2D eigenvalue weighted by atomic mass is 127. The summed E-state index contributed by atoms with van der Waals surface area (Å²) >= 11 is 18.0. The second-order valence-corrected chi connectivity index (χ2v) is 7.03. The molecular weight excluding hydrogens is 474 g/mol. The molecule has 20 heavy (non-hydrogen) atoms. The molecule has 0 saturated carbocycles. The first kappa shape index (κ1) is 14.6. The summed E-state index contributed by atoms with van der Waals surface area (Å²) in [6.07, 6.45) is 0. The minimum atomic E-state index is 0.338. The number of fused-ring (bicyclic) bond motifs is 1. The topological polar surface area (TPSA) is 17.8 Å². The van der Waals surface area contributed by atoms with Crippen LogP contribution in [0.3, 0.4) is 0 Å². The number of aromatic nitrogens is 2. The van der Waals surface area contributed by atoms with Crippen molar-refractivity contribution in [3.8, 4) is 5.69 Å². The predicted molar refractivity (Wildman–Crippen MR) is 96.1 cm³/mol. The minimum Gasteiger partial charge on any atom is -0.294 e. The largest absolute Gasteiger partial charge is 0.294 e. The Bertz CT molecular complexity index is 801. The molecule has 0 spiro atoms. The normalized spacial score (nSPS) is 11.2. The van der Waals surface area contributed by atoms with Crippen LogP contribution in [-0.2, 0) is 5.88 Å². The van der Waals surface area contributed by atoms with Crippen molar-refractivity contribution in [3.05, 3.63) is 55.3 Å². The Hall–Kier alpha value is -0.300. The zero-order valence-corrected chi connectivity index (χ0v) is 15.3. The van der Waals surface area contributed by atoms with Gasteiger partial charge in [-0.1, -0.05) is 11.6 Å². The Morgan fingerprint density at radius 3 is 2.75 bits per heavy atom. The highest BCUT2D eigenvalue weighted by Crippen LogP contribution is 2.30. The molecule has 2 nitrogen and oxygen atoms in total. The summed E-state index contributed by atoms with van der Waals surface area (Å²) in [5.74, 6) is 1.14. The average molecular weight is 482 g/mol. The first-order chi connectivity index (χ1) is 9.60. The summed E-state index contributed by atoms with van der Waals surface area (Å²) in [6, 6.07) is 11.8. The summed E-state index contributed by atoms with van der Waals surface area (Å²) in [5.41, 5.74) is 2.89. The van der Waals surface area contributed by atoms with E-state index in [0.717, 1.165) is 30.6 Å². The summed E-state index contributed by atoms with van der Waals surface area (Å²) in [4.78, 5) is 4.60. The van der Waals surface area contributed by atoms with Crippen LogP contribution >= 0.6 is 61.7 Å². The number of halogens is 4. The highest BCUT2D eigenvalue weighted by Gasteiger charge is 2.14. The second kappa shape index (κ2) is 5.83. The van der Waals surface area contributed by atoms with Gasteiger partial charge in [0.1, 0.15) is 5.82 Å². The zero-order chi connectivity index (χ0) is 14.3. The highest BCUT2D eigenvalue weighted by molar-refractivity contribution is 14.1. The maximum Gasteiger partial charge on any atom is 0.129 e. The molecule has 0 atom stereocenters. The molecule has 0 bridgehead atoms. The number of hydrogen-bond acceptors (Lipinski definition) is 1. The molecule has 0 radical (unpaired) electrons. The third kappa shape index (κ3) is 2.58. The van der Waals surface area contributed by atoms with Gasteiger partial charge >= 0.3 is 0 Å². The lowest BCUT2D eigenvalue weighted by Crippen LogP contribution is -2.00. The molecule has 1 heterocycles. The fourth-order valence-corrected chi connectivity index (χ4v) is 3.36. The number of imidazole rings is 1. The van der Waals surface area contributed by atoms with E-state index in [1.807, 2.05) is 34.9 Å². The zero-order valence-electron chi connectivity index (χ0n) is 10.1. The monoisotopic (exact) mass is 480 g/mol. The van der Waals surface area contributed by atoms with Gasteiger partial charge in [0.25, 0.3) is 0 Å². The molecule has 3 aromatic rings. The van der Waals surface area contributed by atoms with E-state index < -0.39 is 0 Å². The Morgan fingerprint density at radius 1 is 1.20 bits per heavy atom. The van der Waals surface area contributed by atoms with Gasteiger partial charge in [-0.25, -0.2) is 4.98 Å². The van der Waals surface area contributed by atoms with Crippen LogP contribution in [0.25, 0.3) is 16.7 Å². The molecular formula is C14H8BrCl2IN2. The first-order valence-electron chi connectivity index (χ1n) is 5.78. The quantitative estimate of drug-likeness (QED) is 0.335. The number of hydrogen-bond donors (Lipinski definition) is 0. The Balaban J connectivity index is 2.37. The van der Waals surface area contributed by atoms with Gasteiger partial charge in [-0.05, 0) is 74.9 Å². The van der Waals surface area contributed by atoms with E-state index in [4.69, 9.17) is 23.2 Å². The van der Waals surface area contributed by atoms with Crippen LogP contribution in [0.5, 0.6) is 0 Å². The first-order valence-corrected chi connectivity index (χ1v) is 8.57. The van der Waals surface area contributed by atoms with Crippen molar-refractivity contribution in [2.75, 3.05) is 0 Å². The lowest BCUT2D eigenvalue weighted by Gasteiger charge is -2.10. The summed E-state index contributed by atoms with van der Waals surface area (Å²) in [7, 11) is 0. The molecule has 0 aliphatic rings. The van der Waals surface area contributed by atoms with Crippen molar-refractivity contribution >= 4 is 72.8 Å². The van der Waals surface area contributed by atoms with Gasteiger partial charge in [-0.3, -0.25) is 4.57 Å². The third-order valence-electron chi connectivity index (χ3n) is 2.95. The molecule has 2 aromatic carbocycles. The van der Waals surface area contributed by atoms with Crippen LogP contribution in [0.2, 0.25) is 5.02 Å². The molecule has 0 amide bonds. The molecule has 0 aliphatic heterocycles.